The first kappa shape index (κ1) is 26.7. The fraction of sp³-hybridized carbons (Fsp3) is 0.500. The van der Waals surface area contributed by atoms with E-state index in [1.54, 1.807) is 40.2 Å². The maximum Gasteiger partial charge on any atom is 0.325 e. The molecule has 3 amide bonds. The maximum absolute atomic E-state index is 13.6. The molecular formula is C26H34FN3O4S. The van der Waals surface area contributed by atoms with Crippen LogP contribution in [0.15, 0.2) is 35.7 Å². The van der Waals surface area contributed by atoms with Crippen LogP contribution in [0.3, 0.4) is 0 Å². The highest BCUT2D eigenvalue weighted by Crippen LogP contribution is 2.24. The van der Waals surface area contributed by atoms with Gasteiger partial charge in [0, 0.05) is 17.5 Å². The second-order valence-corrected chi connectivity index (χ2v) is 9.79. The van der Waals surface area contributed by atoms with Crippen LogP contribution in [-0.4, -0.2) is 53.4 Å². The van der Waals surface area contributed by atoms with E-state index >= 15 is 0 Å². The molecule has 2 aromatic rings. The lowest BCUT2D eigenvalue weighted by molar-refractivity contribution is -0.141. The van der Waals surface area contributed by atoms with Gasteiger partial charge in [-0.2, -0.15) is 0 Å². The van der Waals surface area contributed by atoms with Crippen LogP contribution in [0.1, 0.15) is 55.0 Å². The Labute approximate surface area is 210 Å². The third-order valence-electron chi connectivity index (χ3n) is 6.21. The summed E-state index contributed by atoms with van der Waals surface area (Å²) < 4.78 is 18.3. The van der Waals surface area contributed by atoms with E-state index in [2.05, 4.69) is 5.32 Å². The summed E-state index contributed by atoms with van der Waals surface area (Å²) in [7, 11) is 0. The number of nitrogens with one attached hydrogen (secondary N) is 1. The molecule has 0 saturated heterocycles. The number of urea groups is 1. The van der Waals surface area contributed by atoms with Gasteiger partial charge in [-0.1, -0.05) is 31.4 Å². The molecule has 7 nitrogen and oxygen atoms in total. The smallest absolute Gasteiger partial charge is 0.325 e. The van der Waals surface area contributed by atoms with Crippen molar-refractivity contribution in [3.63, 3.8) is 0 Å². The number of thiophene rings is 1. The number of carbonyl (C=O) groups is 3. The summed E-state index contributed by atoms with van der Waals surface area (Å²) in [5.41, 5.74) is 1.91. The molecule has 1 aliphatic carbocycles. The van der Waals surface area contributed by atoms with Crippen LogP contribution in [0, 0.1) is 12.7 Å². The number of esters is 1. The molecule has 0 aliphatic heterocycles. The van der Waals surface area contributed by atoms with Crippen molar-refractivity contribution < 1.29 is 23.5 Å². The van der Waals surface area contributed by atoms with E-state index < -0.39 is 12.0 Å². The molecular weight excluding hydrogens is 469 g/mol. The molecule has 0 atom stereocenters. The summed E-state index contributed by atoms with van der Waals surface area (Å²) in [6, 6.07) is 7.61. The largest absolute Gasteiger partial charge is 0.465 e. The number of amides is 3. The standard InChI is InChI=1S/C26H34FN3O4S/c1-3-34-25(32)15-28-26(33)30(22-7-5-4-6-8-22)18-24(31)29(17-23-19(2)13-14-35-23)16-20-9-11-21(27)12-10-20/h9-14,22H,3-8,15-18H2,1-2H3,(H,28,33). The van der Waals surface area contributed by atoms with Crippen molar-refractivity contribution >= 4 is 29.2 Å². The van der Waals surface area contributed by atoms with Crippen molar-refractivity contribution in [3.8, 4) is 0 Å². The summed E-state index contributed by atoms with van der Waals surface area (Å²) >= 11 is 1.58. The molecule has 1 aromatic carbocycles. The normalized spacial score (nSPS) is 13.8. The molecule has 1 aromatic heterocycles. The summed E-state index contributed by atoms with van der Waals surface area (Å²) in [5.74, 6) is -1.04. The molecule has 3 rings (SSSR count). The minimum Gasteiger partial charge on any atom is -0.465 e. The van der Waals surface area contributed by atoms with Gasteiger partial charge < -0.3 is 19.9 Å². The number of rotatable bonds is 10. The first-order valence-corrected chi connectivity index (χ1v) is 13.0. The van der Waals surface area contributed by atoms with E-state index in [1.165, 1.54) is 12.1 Å². The fourth-order valence-corrected chi connectivity index (χ4v) is 5.17. The van der Waals surface area contributed by atoms with Crippen LogP contribution in [0.4, 0.5) is 9.18 Å². The van der Waals surface area contributed by atoms with Gasteiger partial charge in [-0.3, -0.25) is 9.59 Å². The van der Waals surface area contributed by atoms with Crippen LogP contribution in [0.2, 0.25) is 0 Å². The van der Waals surface area contributed by atoms with E-state index in [0.717, 1.165) is 48.1 Å². The summed E-state index contributed by atoms with van der Waals surface area (Å²) in [4.78, 5) is 42.8. The Morgan fingerprint density at radius 2 is 1.80 bits per heavy atom. The van der Waals surface area contributed by atoms with Gasteiger partial charge in [0.2, 0.25) is 5.91 Å². The molecule has 190 valence electrons. The molecule has 0 bridgehead atoms. The molecule has 1 aliphatic rings. The van der Waals surface area contributed by atoms with Crippen molar-refractivity contribution in [1.29, 1.82) is 0 Å². The Hall–Kier alpha value is -2.94. The Balaban J connectivity index is 1.77. The predicted molar refractivity (Wildman–Crippen MR) is 133 cm³/mol. The van der Waals surface area contributed by atoms with Crippen LogP contribution in [-0.2, 0) is 27.4 Å². The second kappa shape index (κ2) is 13.2. The maximum atomic E-state index is 13.6. The lowest BCUT2D eigenvalue weighted by Crippen LogP contribution is -2.52. The number of carbonyl (C=O) groups excluding carboxylic acids is 3. The number of ether oxygens (including phenoxy) is 1. The zero-order chi connectivity index (χ0) is 25.2. The Kier molecular flexibility index (Phi) is 10.1. The van der Waals surface area contributed by atoms with E-state index in [1.807, 2.05) is 18.4 Å². The SMILES string of the molecule is CCOC(=O)CNC(=O)N(CC(=O)N(Cc1ccc(F)cc1)Cc1sccc1C)C1CCCCC1. The van der Waals surface area contributed by atoms with Crippen molar-refractivity contribution in [1.82, 2.24) is 15.1 Å². The third-order valence-corrected chi connectivity index (χ3v) is 7.22. The van der Waals surface area contributed by atoms with E-state index in [-0.39, 0.29) is 37.5 Å². The molecule has 35 heavy (non-hydrogen) atoms. The van der Waals surface area contributed by atoms with Gasteiger partial charge in [-0.25, -0.2) is 9.18 Å². The van der Waals surface area contributed by atoms with Crippen molar-refractivity contribution in [2.45, 2.75) is 65.1 Å². The first-order chi connectivity index (χ1) is 16.9. The highest BCUT2D eigenvalue weighted by molar-refractivity contribution is 7.10. The lowest BCUT2D eigenvalue weighted by Gasteiger charge is -2.35. The van der Waals surface area contributed by atoms with Crippen LogP contribution in [0.25, 0.3) is 0 Å². The molecule has 1 fully saturated rings. The van der Waals surface area contributed by atoms with Crippen molar-refractivity contribution in [2.75, 3.05) is 19.7 Å². The first-order valence-electron chi connectivity index (χ1n) is 12.1. The van der Waals surface area contributed by atoms with E-state index in [9.17, 15) is 18.8 Å². The molecule has 0 spiro atoms. The Morgan fingerprint density at radius 1 is 1.09 bits per heavy atom. The summed E-state index contributed by atoms with van der Waals surface area (Å²) in [6.45, 7) is 4.33. The minimum absolute atomic E-state index is 0.0639. The molecule has 1 heterocycles. The monoisotopic (exact) mass is 503 g/mol. The lowest BCUT2D eigenvalue weighted by atomic mass is 9.94. The summed E-state index contributed by atoms with van der Waals surface area (Å²) in [6.07, 6.45) is 4.74. The molecule has 1 saturated carbocycles. The zero-order valence-electron chi connectivity index (χ0n) is 20.4. The molecule has 1 N–H and O–H groups in total. The van der Waals surface area contributed by atoms with Crippen LogP contribution >= 0.6 is 11.3 Å². The van der Waals surface area contributed by atoms with Gasteiger partial charge in [-0.05, 0) is 61.4 Å². The van der Waals surface area contributed by atoms with E-state index in [4.69, 9.17) is 4.74 Å². The van der Waals surface area contributed by atoms with Gasteiger partial charge in [0.25, 0.3) is 0 Å². The number of halogens is 1. The van der Waals surface area contributed by atoms with Crippen LogP contribution < -0.4 is 5.32 Å². The molecule has 9 heteroatoms. The number of hydrogen-bond donors (Lipinski definition) is 1. The second-order valence-electron chi connectivity index (χ2n) is 8.79. The Morgan fingerprint density at radius 3 is 2.43 bits per heavy atom. The van der Waals surface area contributed by atoms with Crippen molar-refractivity contribution in [2.24, 2.45) is 0 Å². The highest BCUT2D eigenvalue weighted by Gasteiger charge is 2.29. The quantitative estimate of drug-likeness (QED) is 0.480. The summed E-state index contributed by atoms with van der Waals surface area (Å²) in [5, 5.41) is 4.61. The van der Waals surface area contributed by atoms with Crippen LogP contribution in [0.5, 0.6) is 0 Å². The Bertz CT molecular complexity index is 989. The number of nitrogens with zero attached hydrogens (tertiary/aromatic N) is 2. The van der Waals surface area contributed by atoms with Gasteiger partial charge in [0.05, 0.1) is 13.2 Å². The highest BCUT2D eigenvalue weighted by atomic mass is 32.1. The van der Waals surface area contributed by atoms with Gasteiger partial charge >= 0.3 is 12.0 Å². The predicted octanol–water partition coefficient (Wildman–Crippen LogP) is 4.63. The number of hydrogen-bond acceptors (Lipinski definition) is 5. The number of benzene rings is 1. The van der Waals surface area contributed by atoms with Gasteiger partial charge in [-0.15, -0.1) is 11.3 Å². The van der Waals surface area contributed by atoms with Crippen molar-refractivity contribution in [3.05, 3.63) is 57.5 Å². The zero-order valence-corrected chi connectivity index (χ0v) is 21.2. The number of aryl methyl sites for hydroxylation is 1. The molecule has 0 radical (unpaired) electrons. The fourth-order valence-electron chi connectivity index (χ4n) is 4.25. The molecule has 0 unspecified atom stereocenters. The average Bonchev–Trinajstić information content (AvgIpc) is 3.26. The van der Waals surface area contributed by atoms with E-state index in [0.29, 0.717) is 13.1 Å². The third kappa shape index (κ3) is 8.06. The van der Waals surface area contributed by atoms with Gasteiger partial charge in [0.1, 0.15) is 18.9 Å². The minimum atomic E-state index is -0.512. The topological polar surface area (TPSA) is 79.0 Å². The van der Waals surface area contributed by atoms with Gasteiger partial charge in [0.15, 0.2) is 0 Å². The average molecular weight is 504 g/mol.